The van der Waals surface area contributed by atoms with Crippen molar-refractivity contribution in [1.82, 2.24) is 0 Å². The maximum absolute atomic E-state index is 10.1. The minimum Gasteiger partial charge on any atom is -0.497 e. The zero-order chi connectivity index (χ0) is 11.1. The number of nitrogens with zero attached hydrogens (tertiary/aromatic N) is 1. The van der Waals surface area contributed by atoms with Gasteiger partial charge in [-0.3, -0.25) is 0 Å². The van der Waals surface area contributed by atoms with E-state index in [4.69, 9.17) is 9.84 Å². The van der Waals surface area contributed by atoms with E-state index in [1.165, 1.54) is 6.21 Å². The largest absolute Gasteiger partial charge is 0.497 e. The average molecular weight is 209 g/mol. The van der Waals surface area contributed by atoms with E-state index in [1.54, 1.807) is 31.4 Å². The summed E-state index contributed by atoms with van der Waals surface area (Å²) in [5.74, 6) is -0.305. The van der Waals surface area contributed by atoms with Gasteiger partial charge in [0.05, 0.1) is 13.3 Å². The normalized spacial score (nSPS) is 10.2. The second kappa shape index (κ2) is 5.64. The van der Waals surface area contributed by atoms with Crippen LogP contribution in [0, 0.1) is 0 Å². The maximum atomic E-state index is 10.1. The summed E-state index contributed by atoms with van der Waals surface area (Å²) >= 11 is 0. The lowest BCUT2D eigenvalue weighted by Crippen LogP contribution is -2.03. The quantitative estimate of drug-likeness (QED) is 0.583. The molecule has 5 heteroatoms. The van der Waals surface area contributed by atoms with Crippen molar-refractivity contribution in [2.75, 3.05) is 13.7 Å². The summed E-state index contributed by atoms with van der Waals surface area (Å²) in [6, 6.07) is 7.12. The predicted molar refractivity (Wildman–Crippen MR) is 54.2 cm³/mol. The van der Waals surface area contributed by atoms with Crippen molar-refractivity contribution < 1.29 is 19.5 Å². The Morgan fingerprint density at radius 1 is 1.47 bits per heavy atom. The van der Waals surface area contributed by atoms with Gasteiger partial charge in [0.1, 0.15) is 5.75 Å². The van der Waals surface area contributed by atoms with Crippen LogP contribution in [0.5, 0.6) is 5.75 Å². The van der Waals surface area contributed by atoms with Gasteiger partial charge in [0.25, 0.3) is 0 Å². The molecule has 0 amide bonds. The molecule has 15 heavy (non-hydrogen) atoms. The number of rotatable bonds is 5. The van der Waals surface area contributed by atoms with Crippen molar-refractivity contribution in [3.63, 3.8) is 0 Å². The topological polar surface area (TPSA) is 68.1 Å². The first-order valence-electron chi connectivity index (χ1n) is 4.23. The van der Waals surface area contributed by atoms with Gasteiger partial charge in [-0.25, -0.2) is 4.79 Å². The number of aliphatic carboxylic acids is 1. The molecular weight excluding hydrogens is 198 g/mol. The van der Waals surface area contributed by atoms with Gasteiger partial charge < -0.3 is 14.7 Å². The van der Waals surface area contributed by atoms with E-state index in [2.05, 4.69) is 9.99 Å². The van der Waals surface area contributed by atoms with Gasteiger partial charge in [-0.1, -0.05) is 5.16 Å². The second-order valence-electron chi connectivity index (χ2n) is 2.67. The molecule has 0 spiro atoms. The third-order valence-corrected chi connectivity index (χ3v) is 1.58. The number of ether oxygens (including phenoxy) is 1. The van der Waals surface area contributed by atoms with Crippen LogP contribution in [0.3, 0.4) is 0 Å². The maximum Gasteiger partial charge on any atom is 0.344 e. The van der Waals surface area contributed by atoms with Crippen LogP contribution in [-0.4, -0.2) is 31.0 Å². The molecule has 0 aliphatic carbocycles. The molecule has 0 unspecified atom stereocenters. The third-order valence-electron chi connectivity index (χ3n) is 1.58. The van der Waals surface area contributed by atoms with Gasteiger partial charge in [0.15, 0.2) is 0 Å². The van der Waals surface area contributed by atoms with Gasteiger partial charge in [-0.15, -0.1) is 0 Å². The first-order chi connectivity index (χ1) is 7.22. The number of methoxy groups -OCH3 is 1. The van der Waals surface area contributed by atoms with E-state index in [0.29, 0.717) is 0 Å². The number of carboxylic acids is 1. The lowest BCUT2D eigenvalue weighted by atomic mass is 10.2. The Bertz CT molecular complexity index is 345. The number of hydrogen-bond acceptors (Lipinski definition) is 4. The van der Waals surface area contributed by atoms with Gasteiger partial charge >= 0.3 is 5.97 Å². The highest BCUT2D eigenvalue weighted by molar-refractivity contribution is 5.79. The fourth-order valence-corrected chi connectivity index (χ4v) is 0.881. The van der Waals surface area contributed by atoms with Crippen molar-refractivity contribution in [3.05, 3.63) is 29.8 Å². The molecule has 0 atom stereocenters. The Morgan fingerprint density at radius 3 is 2.67 bits per heavy atom. The number of carboxylic acid groups (broad SMARTS) is 1. The molecule has 0 aromatic heterocycles. The summed E-state index contributed by atoms with van der Waals surface area (Å²) in [6.07, 6.45) is 1.43. The van der Waals surface area contributed by atoms with Gasteiger partial charge in [-0.2, -0.15) is 0 Å². The SMILES string of the molecule is COc1ccc(/C=N/OCC(=O)O)cc1. The lowest BCUT2D eigenvalue weighted by molar-refractivity contribution is -0.142. The molecule has 0 aliphatic heterocycles. The summed E-state index contributed by atoms with van der Waals surface area (Å²) in [5.41, 5.74) is 0.807. The standard InChI is InChI=1S/C10H11NO4/c1-14-9-4-2-8(3-5-9)6-11-15-7-10(12)13/h2-6H,7H2,1H3,(H,12,13)/b11-6+. The van der Waals surface area contributed by atoms with Crippen molar-refractivity contribution >= 4 is 12.2 Å². The first-order valence-corrected chi connectivity index (χ1v) is 4.23. The van der Waals surface area contributed by atoms with E-state index in [-0.39, 0.29) is 0 Å². The minimum absolute atomic E-state index is 0.438. The molecule has 0 fully saturated rings. The summed E-state index contributed by atoms with van der Waals surface area (Å²) in [4.78, 5) is 14.6. The van der Waals surface area contributed by atoms with Crippen molar-refractivity contribution in [3.8, 4) is 5.75 Å². The van der Waals surface area contributed by atoms with Gasteiger partial charge in [0, 0.05) is 0 Å². The number of hydrogen-bond donors (Lipinski definition) is 1. The molecule has 0 saturated carbocycles. The van der Waals surface area contributed by atoms with Crippen LogP contribution < -0.4 is 4.74 Å². The predicted octanol–water partition coefficient (Wildman–Crippen LogP) is 1.13. The lowest BCUT2D eigenvalue weighted by Gasteiger charge is -1.98. The van der Waals surface area contributed by atoms with Crippen LogP contribution in [0.4, 0.5) is 0 Å². The van der Waals surface area contributed by atoms with Crippen LogP contribution in [0.1, 0.15) is 5.56 Å². The molecule has 0 aliphatic rings. The molecule has 0 radical (unpaired) electrons. The van der Waals surface area contributed by atoms with E-state index in [1.807, 2.05) is 0 Å². The number of oxime groups is 1. The van der Waals surface area contributed by atoms with Crippen LogP contribution >= 0.6 is 0 Å². The number of carbonyl (C=O) groups is 1. The fourth-order valence-electron chi connectivity index (χ4n) is 0.881. The molecule has 1 rings (SSSR count). The first kappa shape index (κ1) is 11.0. The highest BCUT2D eigenvalue weighted by Gasteiger charge is 1.94. The monoisotopic (exact) mass is 209 g/mol. The molecule has 80 valence electrons. The molecule has 0 heterocycles. The fraction of sp³-hybridized carbons (Fsp3) is 0.200. The van der Waals surface area contributed by atoms with Crippen LogP contribution in [0.25, 0.3) is 0 Å². The zero-order valence-electron chi connectivity index (χ0n) is 8.21. The molecule has 1 aromatic carbocycles. The smallest absolute Gasteiger partial charge is 0.344 e. The van der Waals surface area contributed by atoms with Crippen molar-refractivity contribution in [1.29, 1.82) is 0 Å². The van der Waals surface area contributed by atoms with E-state index in [9.17, 15) is 4.79 Å². The van der Waals surface area contributed by atoms with Gasteiger partial charge in [0.2, 0.25) is 6.61 Å². The second-order valence-corrected chi connectivity index (χ2v) is 2.67. The third kappa shape index (κ3) is 4.12. The van der Waals surface area contributed by atoms with Crippen LogP contribution in [0.15, 0.2) is 29.4 Å². The summed E-state index contributed by atoms with van der Waals surface area (Å²) in [5, 5.41) is 11.8. The Labute approximate surface area is 86.9 Å². The molecule has 5 nitrogen and oxygen atoms in total. The highest BCUT2D eigenvalue weighted by atomic mass is 16.6. The van der Waals surface area contributed by atoms with E-state index < -0.39 is 12.6 Å². The Morgan fingerprint density at radius 2 is 2.13 bits per heavy atom. The molecule has 0 bridgehead atoms. The molecule has 1 aromatic rings. The van der Waals surface area contributed by atoms with Crippen molar-refractivity contribution in [2.45, 2.75) is 0 Å². The van der Waals surface area contributed by atoms with E-state index in [0.717, 1.165) is 11.3 Å². The average Bonchev–Trinajstić information content (AvgIpc) is 2.25. The zero-order valence-corrected chi connectivity index (χ0v) is 8.21. The molecule has 1 N–H and O–H groups in total. The molecule has 0 saturated heterocycles. The Balaban J connectivity index is 2.46. The summed E-state index contributed by atoms with van der Waals surface area (Å²) in [6.45, 7) is -0.438. The molecular formula is C10H11NO4. The van der Waals surface area contributed by atoms with Crippen LogP contribution in [-0.2, 0) is 9.63 Å². The minimum atomic E-state index is -1.05. The van der Waals surface area contributed by atoms with E-state index >= 15 is 0 Å². The highest BCUT2D eigenvalue weighted by Crippen LogP contribution is 2.09. The van der Waals surface area contributed by atoms with Crippen molar-refractivity contribution in [2.24, 2.45) is 5.16 Å². The number of benzene rings is 1. The summed E-state index contributed by atoms with van der Waals surface area (Å²) in [7, 11) is 1.58. The Kier molecular flexibility index (Phi) is 4.15. The summed E-state index contributed by atoms with van der Waals surface area (Å²) < 4.78 is 4.97. The van der Waals surface area contributed by atoms with Crippen LogP contribution in [0.2, 0.25) is 0 Å². The Hall–Kier alpha value is -2.04. The van der Waals surface area contributed by atoms with Gasteiger partial charge in [-0.05, 0) is 29.8 Å².